The quantitative estimate of drug-likeness (QED) is 0.475. The number of amides is 1. The summed E-state index contributed by atoms with van der Waals surface area (Å²) in [5.74, 6) is 0.373. The van der Waals surface area contributed by atoms with Gasteiger partial charge in [-0.25, -0.2) is 9.48 Å². The number of benzene rings is 2. The molecule has 0 atom stereocenters. The van der Waals surface area contributed by atoms with E-state index < -0.39 is 0 Å². The van der Waals surface area contributed by atoms with Crippen molar-refractivity contribution in [3.63, 3.8) is 0 Å². The average Bonchev–Trinajstić information content (AvgIpc) is 3.36. The van der Waals surface area contributed by atoms with E-state index in [1.54, 1.807) is 49.7 Å². The monoisotopic (exact) mass is 414 g/mol. The molecule has 3 aromatic heterocycles. The van der Waals surface area contributed by atoms with Crippen LogP contribution in [0.3, 0.4) is 0 Å². The van der Waals surface area contributed by atoms with Gasteiger partial charge in [-0.2, -0.15) is 0 Å². The summed E-state index contributed by atoms with van der Waals surface area (Å²) in [6.45, 7) is 0.284. The second-order valence-corrected chi connectivity index (χ2v) is 7.01. The minimum Gasteiger partial charge on any atom is -0.493 e. The molecular formula is C23H18N4O4. The number of anilines is 1. The number of hydrogen-bond donors (Lipinski definition) is 1. The summed E-state index contributed by atoms with van der Waals surface area (Å²) in [5.41, 5.74) is 2.30. The van der Waals surface area contributed by atoms with Crippen LogP contribution in [0, 0.1) is 0 Å². The van der Waals surface area contributed by atoms with Gasteiger partial charge in [-0.3, -0.25) is 9.20 Å². The van der Waals surface area contributed by atoms with Crippen molar-refractivity contribution in [1.82, 2.24) is 14.2 Å². The second-order valence-electron chi connectivity index (χ2n) is 7.01. The third-order valence-electron chi connectivity index (χ3n) is 4.96. The van der Waals surface area contributed by atoms with Gasteiger partial charge in [-0.1, -0.05) is 30.3 Å². The lowest BCUT2D eigenvalue weighted by Gasteiger charge is -2.06. The molecular weight excluding hydrogens is 396 g/mol. The van der Waals surface area contributed by atoms with Crippen molar-refractivity contribution < 1.29 is 13.9 Å². The highest BCUT2D eigenvalue weighted by atomic mass is 16.5. The van der Waals surface area contributed by atoms with Gasteiger partial charge < -0.3 is 14.5 Å². The Labute approximate surface area is 176 Å². The fourth-order valence-corrected chi connectivity index (χ4v) is 3.49. The summed E-state index contributed by atoms with van der Waals surface area (Å²) >= 11 is 0. The number of carbonyl (C=O) groups is 1. The molecule has 0 unspecified atom stereocenters. The van der Waals surface area contributed by atoms with Crippen molar-refractivity contribution in [2.24, 2.45) is 0 Å². The number of pyridine rings is 1. The van der Waals surface area contributed by atoms with Gasteiger partial charge in [0.2, 0.25) is 0 Å². The van der Waals surface area contributed by atoms with E-state index in [9.17, 15) is 9.59 Å². The van der Waals surface area contributed by atoms with Crippen LogP contribution in [-0.2, 0) is 6.54 Å². The van der Waals surface area contributed by atoms with Crippen molar-refractivity contribution >= 4 is 28.2 Å². The zero-order chi connectivity index (χ0) is 21.4. The maximum absolute atomic E-state index is 12.7. The van der Waals surface area contributed by atoms with Crippen molar-refractivity contribution in [3.8, 4) is 5.75 Å². The molecule has 0 saturated carbocycles. The Morgan fingerprint density at radius 2 is 1.97 bits per heavy atom. The molecule has 8 heteroatoms. The molecule has 0 aliphatic heterocycles. The summed E-state index contributed by atoms with van der Waals surface area (Å²) in [7, 11) is 1.55. The molecule has 3 heterocycles. The zero-order valence-electron chi connectivity index (χ0n) is 16.6. The van der Waals surface area contributed by atoms with Crippen LogP contribution in [0.2, 0.25) is 0 Å². The molecule has 154 valence electrons. The molecule has 0 aliphatic carbocycles. The highest BCUT2D eigenvalue weighted by Crippen LogP contribution is 2.28. The normalized spacial score (nSPS) is 11.1. The second kappa shape index (κ2) is 7.49. The van der Waals surface area contributed by atoms with Gasteiger partial charge in [-0.05, 0) is 42.0 Å². The summed E-state index contributed by atoms with van der Waals surface area (Å²) in [6.07, 6.45) is 1.68. The molecule has 5 rings (SSSR count). The Morgan fingerprint density at radius 3 is 2.81 bits per heavy atom. The van der Waals surface area contributed by atoms with Crippen LogP contribution in [-0.4, -0.2) is 27.2 Å². The Hall–Kier alpha value is -4.33. The van der Waals surface area contributed by atoms with Gasteiger partial charge in [0.05, 0.1) is 13.7 Å². The minimum absolute atomic E-state index is 0.182. The fraction of sp³-hybridized carbons (Fsp3) is 0.0870. The van der Waals surface area contributed by atoms with E-state index in [-0.39, 0.29) is 23.9 Å². The Morgan fingerprint density at radius 1 is 1.10 bits per heavy atom. The number of furan rings is 1. The number of nitrogens with one attached hydrogen (secondary N) is 1. The average molecular weight is 414 g/mol. The number of rotatable bonds is 5. The van der Waals surface area contributed by atoms with Crippen LogP contribution in [0.4, 0.5) is 5.69 Å². The van der Waals surface area contributed by atoms with Gasteiger partial charge >= 0.3 is 5.69 Å². The summed E-state index contributed by atoms with van der Waals surface area (Å²) in [5, 5.41) is 7.96. The van der Waals surface area contributed by atoms with Crippen LogP contribution in [0.25, 0.3) is 16.6 Å². The fourth-order valence-electron chi connectivity index (χ4n) is 3.49. The highest BCUT2D eigenvalue weighted by Gasteiger charge is 2.15. The third kappa shape index (κ3) is 3.44. The number of ether oxygens (including phenoxy) is 1. The maximum Gasteiger partial charge on any atom is 0.350 e. The van der Waals surface area contributed by atoms with Gasteiger partial charge in [0.15, 0.2) is 22.7 Å². The summed E-state index contributed by atoms with van der Waals surface area (Å²) in [4.78, 5) is 25.2. The van der Waals surface area contributed by atoms with Gasteiger partial charge in [-0.15, -0.1) is 5.10 Å². The predicted octanol–water partition coefficient (Wildman–Crippen LogP) is 3.55. The number of methoxy groups -OCH3 is 1. The predicted molar refractivity (Wildman–Crippen MR) is 116 cm³/mol. The molecule has 0 aliphatic rings. The van der Waals surface area contributed by atoms with Gasteiger partial charge in [0.1, 0.15) is 0 Å². The van der Waals surface area contributed by atoms with Crippen LogP contribution in [0.5, 0.6) is 5.75 Å². The maximum atomic E-state index is 12.7. The minimum atomic E-state index is -0.375. The Balaban J connectivity index is 1.38. The molecule has 0 radical (unpaired) electrons. The molecule has 0 bridgehead atoms. The Kier molecular flexibility index (Phi) is 4.51. The number of para-hydroxylation sites is 1. The lowest BCUT2D eigenvalue weighted by atomic mass is 10.2. The van der Waals surface area contributed by atoms with Crippen molar-refractivity contribution in [2.45, 2.75) is 6.54 Å². The topological polar surface area (TPSA) is 90.8 Å². The molecule has 0 spiro atoms. The molecule has 0 fully saturated rings. The van der Waals surface area contributed by atoms with Crippen LogP contribution >= 0.6 is 0 Å². The SMILES string of the molecule is COc1cccc2cc(C(=O)Nc3cccc(Cn4nc5ccccn5c4=O)c3)oc12. The molecule has 5 aromatic rings. The van der Waals surface area contributed by atoms with E-state index >= 15 is 0 Å². The Bertz CT molecular complexity index is 1480. The molecule has 31 heavy (non-hydrogen) atoms. The number of carbonyl (C=O) groups excluding carboxylic acids is 1. The van der Waals surface area contributed by atoms with E-state index in [0.717, 1.165) is 10.9 Å². The molecule has 8 nitrogen and oxygen atoms in total. The first-order valence-electron chi connectivity index (χ1n) is 9.63. The first kappa shape index (κ1) is 18.7. The van der Waals surface area contributed by atoms with Gasteiger partial charge in [0, 0.05) is 17.3 Å². The third-order valence-corrected chi connectivity index (χ3v) is 4.96. The standard InChI is InChI=1S/C23H18N4O4/c1-30-18-9-5-7-16-13-19(31-21(16)18)22(28)24-17-8-4-6-15(12-17)14-27-23(29)26-11-3-2-10-20(26)25-27/h2-13H,14H2,1H3,(H,24,28). The van der Waals surface area contributed by atoms with E-state index in [2.05, 4.69) is 10.4 Å². The van der Waals surface area contributed by atoms with E-state index in [0.29, 0.717) is 22.7 Å². The number of nitrogens with zero attached hydrogens (tertiary/aromatic N) is 3. The number of aromatic nitrogens is 3. The van der Waals surface area contributed by atoms with Crippen molar-refractivity contribution in [1.29, 1.82) is 0 Å². The first-order valence-corrected chi connectivity index (χ1v) is 9.63. The molecule has 0 saturated heterocycles. The first-order chi connectivity index (χ1) is 15.1. The van der Waals surface area contributed by atoms with Crippen LogP contribution < -0.4 is 15.7 Å². The lowest BCUT2D eigenvalue weighted by molar-refractivity contribution is 0.0998. The number of fused-ring (bicyclic) bond motifs is 2. The van der Waals surface area contributed by atoms with E-state index in [1.807, 2.05) is 30.3 Å². The molecule has 1 amide bonds. The van der Waals surface area contributed by atoms with Crippen LogP contribution in [0.1, 0.15) is 16.1 Å². The van der Waals surface area contributed by atoms with E-state index in [1.165, 1.54) is 9.08 Å². The smallest absolute Gasteiger partial charge is 0.350 e. The number of hydrogen-bond acceptors (Lipinski definition) is 5. The zero-order valence-corrected chi connectivity index (χ0v) is 16.6. The lowest BCUT2D eigenvalue weighted by Crippen LogP contribution is -2.21. The van der Waals surface area contributed by atoms with Gasteiger partial charge in [0.25, 0.3) is 5.91 Å². The molecule has 2 aromatic carbocycles. The largest absolute Gasteiger partial charge is 0.493 e. The van der Waals surface area contributed by atoms with Crippen molar-refractivity contribution in [2.75, 3.05) is 12.4 Å². The highest BCUT2D eigenvalue weighted by molar-refractivity contribution is 6.05. The van der Waals surface area contributed by atoms with Crippen LogP contribution in [0.15, 0.2) is 82.1 Å². The molecule has 1 N–H and O–H groups in total. The van der Waals surface area contributed by atoms with Crippen molar-refractivity contribution in [3.05, 3.63) is 94.7 Å². The summed E-state index contributed by atoms with van der Waals surface area (Å²) < 4.78 is 13.9. The summed E-state index contributed by atoms with van der Waals surface area (Å²) in [6, 6.07) is 19.8. The van der Waals surface area contributed by atoms with E-state index in [4.69, 9.17) is 9.15 Å².